The lowest BCUT2D eigenvalue weighted by Crippen LogP contribution is -2.51. The average molecular weight is 452 g/mol. The normalized spacial score (nSPS) is 15.8. The molecule has 33 heavy (non-hydrogen) atoms. The maximum absolute atomic E-state index is 12.9. The number of nitrogens with zero attached hydrogens (tertiary/aromatic N) is 1. The first-order valence-corrected chi connectivity index (χ1v) is 11.9. The second-order valence-electron chi connectivity index (χ2n) is 9.38. The summed E-state index contributed by atoms with van der Waals surface area (Å²) in [6.07, 6.45) is 2.11. The highest BCUT2D eigenvalue weighted by Crippen LogP contribution is 2.20. The number of hydrogen-bond donors (Lipinski definition) is 2. The molecule has 0 saturated carbocycles. The number of likely N-dealkylation sites (tertiary alicyclic amines) is 1. The number of rotatable bonds is 9. The third kappa shape index (κ3) is 7.32. The highest BCUT2D eigenvalue weighted by Gasteiger charge is 2.26. The van der Waals surface area contributed by atoms with Crippen LogP contribution < -0.4 is 15.4 Å². The van der Waals surface area contributed by atoms with Crippen molar-refractivity contribution in [2.45, 2.75) is 46.2 Å². The Balaban J connectivity index is 1.44. The van der Waals surface area contributed by atoms with Gasteiger partial charge in [0.15, 0.2) is 0 Å². The zero-order valence-electron chi connectivity index (χ0n) is 20.3. The van der Waals surface area contributed by atoms with Gasteiger partial charge in [-0.2, -0.15) is 0 Å². The molecule has 1 unspecified atom stereocenters. The average Bonchev–Trinajstić information content (AvgIpc) is 2.82. The minimum atomic E-state index is -0.548. The van der Waals surface area contributed by atoms with Gasteiger partial charge in [0, 0.05) is 18.7 Å². The summed E-state index contributed by atoms with van der Waals surface area (Å²) >= 11 is 0. The fraction of sp³-hybridized carbons (Fsp3) is 0.481. The molecule has 0 bridgehead atoms. The van der Waals surface area contributed by atoms with Crippen LogP contribution in [0.3, 0.4) is 0 Å². The van der Waals surface area contributed by atoms with Crippen LogP contribution in [0, 0.1) is 18.8 Å². The predicted molar refractivity (Wildman–Crippen MR) is 131 cm³/mol. The zero-order chi connectivity index (χ0) is 23.8. The summed E-state index contributed by atoms with van der Waals surface area (Å²) in [7, 11) is 1.68. The van der Waals surface area contributed by atoms with Crippen LogP contribution in [-0.2, 0) is 11.3 Å². The number of methoxy groups -OCH3 is 1. The van der Waals surface area contributed by atoms with Crippen LogP contribution >= 0.6 is 0 Å². The van der Waals surface area contributed by atoms with Crippen LogP contribution in [0.15, 0.2) is 48.5 Å². The standard InChI is InChI=1S/C27H37N3O3/c1-19(2)25(29-26(31)23-7-5-6-20(3)16-23)27(32)28-17-21-12-14-30(15-13-21)18-22-8-10-24(33-4)11-9-22/h5-11,16,19,21,25H,12-15,17-18H2,1-4H3,(H,28,32)(H,29,31). The Morgan fingerprint density at radius 3 is 2.39 bits per heavy atom. The van der Waals surface area contributed by atoms with Crippen molar-refractivity contribution in [2.24, 2.45) is 11.8 Å². The van der Waals surface area contributed by atoms with E-state index in [0.29, 0.717) is 18.0 Å². The Morgan fingerprint density at radius 1 is 1.09 bits per heavy atom. The van der Waals surface area contributed by atoms with Crippen molar-refractivity contribution in [1.29, 1.82) is 0 Å². The molecule has 0 aromatic heterocycles. The molecule has 2 N–H and O–H groups in total. The van der Waals surface area contributed by atoms with Crippen LogP contribution in [-0.4, -0.2) is 49.5 Å². The van der Waals surface area contributed by atoms with E-state index < -0.39 is 6.04 Å². The molecule has 178 valence electrons. The van der Waals surface area contributed by atoms with Gasteiger partial charge in [-0.05, 0) is 74.5 Å². The molecule has 1 atom stereocenters. The summed E-state index contributed by atoms with van der Waals surface area (Å²) in [6, 6.07) is 15.1. The molecule has 1 fully saturated rings. The molecule has 0 spiro atoms. The van der Waals surface area contributed by atoms with Gasteiger partial charge in [0.2, 0.25) is 5.91 Å². The first kappa shape index (κ1) is 24.8. The quantitative estimate of drug-likeness (QED) is 0.609. The fourth-order valence-corrected chi connectivity index (χ4v) is 4.24. The van der Waals surface area contributed by atoms with Crippen LogP contribution in [0.25, 0.3) is 0 Å². The summed E-state index contributed by atoms with van der Waals surface area (Å²) in [5.41, 5.74) is 2.89. The van der Waals surface area contributed by atoms with Gasteiger partial charge >= 0.3 is 0 Å². The third-order valence-electron chi connectivity index (χ3n) is 6.35. The molecule has 1 aliphatic heterocycles. The second kappa shape index (κ2) is 11.8. The molecule has 6 nitrogen and oxygen atoms in total. The summed E-state index contributed by atoms with van der Waals surface area (Å²) in [5, 5.41) is 6.01. The van der Waals surface area contributed by atoms with Crippen LogP contribution in [0.2, 0.25) is 0 Å². The Labute approximate surface area is 197 Å². The number of benzene rings is 2. The van der Waals surface area contributed by atoms with E-state index in [2.05, 4.69) is 27.7 Å². The van der Waals surface area contributed by atoms with E-state index in [0.717, 1.165) is 43.8 Å². The molecule has 0 radical (unpaired) electrons. The number of carbonyl (C=O) groups is 2. The molecule has 6 heteroatoms. The van der Waals surface area contributed by atoms with Crippen molar-refractivity contribution in [3.8, 4) is 5.75 Å². The molecule has 3 rings (SSSR count). The molecular weight excluding hydrogens is 414 g/mol. The molecule has 2 amide bonds. The van der Waals surface area contributed by atoms with Gasteiger partial charge in [0.1, 0.15) is 11.8 Å². The van der Waals surface area contributed by atoms with Gasteiger partial charge in [-0.1, -0.05) is 43.7 Å². The van der Waals surface area contributed by atoms with E-state index >= 15 is 0 Å². The minimum absolute atomic E-state index is 0.00473. The van der Waals surface area contributed by atoms with Crippen molar-refractivity contribution in [1.82, 2.24) is 15.5 Å². The van der Waals surface area contributed by atoms with Crippen molar-refractivity contribution in [3.63, 3.8) is 0 Å². The van der Waals surface area contributed by atoms with E-state index in [-0.39, 0.29) is 17.7 Å². The summed E-state index contributed by atoms with van der Waals surface area (Å²) in [5.74, 6) is 1.03. The third-order valence-corrected chi connectivity index (χ3v) is 6.35. The summed E-state index contributed by atoms with van der Waals surface area (Å²) in [6.45, 7) is 9.49. The number of ether oxygens (including phenoxy) is 1. The number of nitrogens with one attached hydrogen (secondary N) is 2. The number of piperidine rings is 1. The SMILES string of the molecule is COc1ccc(CN2CCC(CNC(=O)C(NC(=O)c3cccc(C)c3)C(C)C)CC2)cc1. The van der Waals surface area contributed by atoms with Crippen LogP contribution in [0.4, 0.5) is 0 Å². The first-order valence-electron chi connectivity index (χ1n) is 11.9. The van der Waals surface area contributed by atoms with E-state index in [4.69, 9.17) is 4.74 Å². The van der Waals surface area contributed by atoms with Gasteiger partial charge < -0.3 is 15.4 Å². The number of carbonyl (C=O) groups excluding carboxylic acids is 2. The maximum Gasteiger partial charge on any atom is 0.251 e. The van der Waals surface area contributed by atoms with Gasteiger partial charge in [-0.15, -0.1) is 0 Å². The molecule has 2 aromatic rings. The van der Waals surface area contributed by atoms with Gasteiger partial charge in [-0.3, -0.25) is 14.5 Å². The van der Waals surface area contributed by atoms with Crippen molar-refractivity contribution in [3.05, 3.63) is 65.2 Å². The van der Waals surface area contributed by atoms with Gasteiger partial charge in [0.05, 0.1) is 7.11 Å². The van der Waals surface area contributed by atoms with E-state index in [9.17, 15) is 9.59 Å². The molecular formula is C27H37N3O3. The smallest absolute Gasteiger partial charge is 0.251 e. The number of hydrogen-bond acceptors (Lipinski definition) is 4. The summed E-state index contributed by atoms with van der Waals surface area (Å²) < 4.78 is 5.23. The van der Waals surface area contributed by atoms with Crippen molar-refractivity contribution in [2.75, 3.05) is 26.7 Å². The lowest BCUT2D eigenvalue weighted by atomic mass is 9.95. The van der Waals surface area contributed by atoms with Crippen molar-refractivity contribution < 1.29 is 14.3 Å². The Hall–Kier alpha value is -2.86. The zero-order valence-corrected chi connectivity index (χ0v) is 20.3. The fourth-order valence-electron chi connectivity index (χ4n) is 4.24. The minimum Gasteiger partial charge on any atom is -0.497 e. The molecule has 1 saturated heterocycles. The Morgan fingerprint density at radius 2 is 1.79 bits per heavy atom. The number of amides is 2. The molecule has 1 heterocycles. The van der Waals surface area contributed by atoms with Gasteiger partial charge in [-0.25, -0.2) is 0 Å². The van der Waals surface area contributed by atoms with E-state index in [1.165, 1.54) is 5.56 Å². The first-order chi connectivity index (χ1) is 15.9. The lowest BCUT2D eigenvalue weighted by Gasteiger charge is -2.32. The van der Waals surface area contributed by atoms with Gasteiger partial charge in [0.25, 0.3) is 5.91 Å². The molecule has 2 aromatic carbocycles. The van der Waals surface area contributed by atoms with E-state index in [1.807, 2.05) is 51.1 Å². The lowest BCUT2D eigenvalue weighted by molar-refractivity contribution is -0.124. The van der Waals surface area contributed by atoms with Crippen molar-refractivity contribution >= 4 is 11.8 Å². The Bertz CT molecular complexity index is 918. The summed E-state index contributed by atoms with van der Waals surface area (Å²) in [4.78, 5) is 28.0. The molecule has 0 aliphatic carbocycles. The topological polar surface area (TPSA) is 70.7 Å². The van der Waals surface area contributed by atoms with Crippen LogP contribution in [0.5, 0.6) is 5.75 Å². The Kier molecular flexibility index (Phi) is 8.89. The monoisotopic (exact) mass is 451 g/mol. The second-order valence-corrected chi connectivity index (χ2v) is 9.38. The highest BCUT2D eigenvalue weighted by atomic mass is 16.5. The number of aryl methyl sites for hydroxylation is 1. The predicted octanol–water partition coefficient (Wildman–Crippen LogP) is 3.79. The van der Waals surface area contributed by atoms with Crippen LogP contribution in [0.1, 0.15) is 48.2 Å². The highest BCUT2D eigenvalue weighted by molar-refractivity contribution is 5.97. The van der Waals surface area contributed by atoms with E-state index in [1.54, 1.807) is 13.2 Å². The maximum atomic E-state index is 12.9. The largest absolute Gasteiger partial charge is 0.497 e. The molecule has 1 aliphatic rings.